The van der Waals surface area contributed by atoms with Crippen LogP contribution in [0.25, 0.3) is 11.5 Å². The summed E-state index contributed by atoms with van der Waals surface area (Å²) in [5.74, 6) is 1.79. The van der Waals surface area contributed by atoms with Crippen molar-refractivity contribution in [3.8, 4) is 11.5 Å². The second-order valence-electron chi connectivity index (χ2n) is 4.46. The molecular weight excluding hydrogens is 230 g/mol. The van der Waals surface area contributed by atoms with Crippen molar-refractivity contribution in [2.75, 3.05) is 7.11 Å². The Kier molecular flexibility index (Phi) is 3.76. The summed E-state index contributed by atoms with van der Waals surface area (Å²) in [5, 5.41) is 11.6. The predicted octanol–water partition coefficient (Wildman–Crippen LogP) is 1.96. The molecule has 6 heteroatoms. The zero-order valence-electron chi connectivity index (χ0n) is 11.3. The molecule has 2 aromatic rings. The molecule has 0 aliphatic heterocycles. The molecule has 0 aromatic carbocycles. The summed E-state index contributed by atoms with van der Waals surface area (Å²) in [6.07, 6.45) is 0. The van der Waals surface area contributed by atoms with E-state index in [-0.39, 0.29) is 0 Å². The van der Waals surface area contributed by atoms with Crippen molar-refractivity contribution in [3.05, 3.63) is 17.6 Å². The van der Waals surface area contributed by atoms with Crippen LogP contribution in [-0.2, 0) is 17.9 Å². The minimum absolute atomic E-state index is 0.397. The van der Waals surface area contributed by atoms with Crippen LogP contribution in [0.4, 0.5) is 0 Å². The van der Waals surface area contributed by atoms with Gasteiger partial charge in [-0.2, -0.15) is 10.2 Å². The third kappa shape index (κ3) is 2.43. The maximum absolute atomic E-state index is 5.02. The molecule has 0 fully saturated rings. The molecular formula is C12H19N5O. The lowest BCUT2D eigenvalue weighted by molar-refractivity contribution is 0.178. The van der Waals surface area contributed by atoms with Crippen LogP contribution in [0, 0.1) is 0 Å². The van der Waals surface area contributed by atoms with E-state index < -0.39 is 0 Å². The van der Waals surface area contributed by atoms with Gasteiger partial charge in [0.15, 0.2) is 11.6 Å². The molecule has 0 bridgehead atoms. The second kappa shape index (κ2) is 5.30. The smallest absolute Gasteiger partial charge is 0.199 e. The number of nitrogens with one attached hydrogen (secondary N) is 1. The number of nitrogens with zero attached hydrogens (tertiary/aromatic N) is 4. The van der Waals surface area contributed by atoms with Gasteiger partial charge in [0.2, 0.25) is 0 Å². The first-order valence-corrected chi connectivity index (χ1v) is 6.14. The van der Waals surface area contributed by atoms with Gasteiger partial charge in [-0.15, -0.1) is 0 Å². The van der Waals surface area contributed by atoms with Gasteiger partial charge in [0, 0.05) is 13.7 Å². The SMILES string of the molecule is CCn1nc(C(C)C)cc1-c1n[nH]c(COC)n1. The van der Waals surface area contributed by atoms with Gasteiger partial charge in [0.25, 0.3) is 0 Å². The molecule has 0 amide bonds. The van der Waals surface area contributed by atoms with Crippen LogP contribution in [0.15, 0.2) is 6.07 Å². The van der Waals surface area contributed by atoms with Crippen molar-refractivity contribution in [1.82, 2.24) is 25.0 Å². The van der Waals surface area contributed by atoms with Gasteiger partial charge in [-0.1, -0.05) is 13.8 Å². The molecule has 0 saturated carbocycles. The van der Waals surface area contributed by atoms with Gasteiger partial charge >= 0.3 is 0 Å². The van der Waals surface area contributed by atoms with Gasteiger partial charge in [-0.25, -0.2) is 4.98 Å². The summed E-state index contributed by atoms with van der Waals surface area (Å²) in [6.45, 7) is 7.55. The molecule has 0 aliphatic carbocycles. The van der Waals surface area contributed by atoms with Gasteiger partial charge in [-0.05, 0) is 18.9 Å². The van der Waals surface area contributed by atoms with Crippen molar-refractivity contribution in [3.63, 3.8) is 0 Å². The highest BCUT2D eigenvalue weighted by molar-refractivity contribution is 5.50. The van der Waals surface area contributed by atoms with Gasteiger partial charge in [0.1, 0.15) is 12.3 Å². The van der Waals surface area contributed by atoms with Crippen molar-refractivity contribution in [2.24, 2.45) is 0 Å². The molecule has 0 spiro atoms. The van der Waals surface area contributed by atoms with Gasteiger partial charge in [0.05, 0.1) is 5.69 Å². The van der Waals surface area contributed by atoms with E-state index in [2.05, 4.69) is 41.1 Å². The van der Waals surface area contributed by atoms with Crippen LogP contribution in [0.3, 0.4) is 0 Å². The van der Waals surface area contributed by atoms with E-state index in [1.807, 2.05) is 10.7 Å². The van der Waals surface area contributed by atoms with E-state index in [1.54, 1.807) is 7.11 Å². The van der Waals surface area contributed by atoms with E-state index in [0.717, 1.165) is 23.8 Å². The Morgan fingerprint density at radius 3 is 2.83 bits per heavy atom. The topological polar surface area (TPSA) is 68.6 Å². The Labute approximate surface area is 106 Å². The molecule has 0 atom stereocenters. The Hall–Kier alpha value is -1.69. The molecule has 6 nitrogen and oxygen atoms in total. The van der Waals surface area contributed by atoms with Gasteiger partial charge < -0.3 is 4.74 Å². The van der Waals surface area contributed by atoms with Crippen LogP contribution >= 0.6 is 0 Å². The monoisotopic (exact) mass is 249 g/mol. The Bertz CT molecular complexity index is 514. The first-order valence-electron chi connectivity index (χ1n) is 6.14. The number of H-pyrrole nitrogens is 1. The molecule has 0 saturated heterocycles. The maximum Gasteiger partial charge on any atom is 0.199 e. The molecule has 0 aliphatic rings. The van der Waals surface area contributed by atoms with E-state index in [4.69, 9.17) is 4.74 Å². The fourth-order valence-corrected chi connectivity index (χ4v) is 1.75. The second-order valence-corrected chi connectivity index (χ2v) is 4.46. The minimum Gasteiger partial charge on any atom is -0.377 e. The summed E-state index contributed by atoms with van der Waals surface area (Å²) >= 11 is 0. The van der Waals surface area contributed by atoms with Crippen LogP contribution in [0.1, 0.15) is 38.2 Å². The summed E-state index contributed by atoms with van der Waals surface area (Å²) in [5.41, 5.74) is 2.00. The molecule has 2 rings (SSSR count). The number of rotatable bonds is 5. The van der Waals surface area contributed by atoms with Crippen LogP contribution in [0.2, 0.25) is 0 Å². The molecule has 18 heavy (non-hydrogen) atoms. The Balaban J connectivity index is 2.35. The highest BCUT2D eigenvalue weighted by Gasteiger charge is 2.15. The Morgan fingerprint density at radius 1 is 1.44 bits per heavy atom. The number of hydrogen-bond acceptors (Lipinski definition) is 4. The number of hydrogen-bond donors (Lipinski definition) is 1. The highest BCUT2D eigenvalue weighted by atomic mass is 16.5. The first kappa shape index (κ1) is 12.8. The molecule has 98 valence electrons. The van der Waals surface area contributed by atoms with Crippen LogP contribution in [-0.4, -0.2) is 32.1 Å². The van der Waals surface area contributed by atoms with E-state index in [1.165, 1.54) is 0 Å². The van der Waals surface area contributed by atoms with Crippen molar-refractivity contribution >= 4 is 0 Å². The summed E-state index contributed by atoms with van der Waals surface area (Å²) < 4.78 is 6.95. The molecule has 1 N–H and O–H groups in total. The average molecular weight is 249 g/mol. The maximum atomic E-state index is 5.02. The third-order valence-electron chi connectivity index (χ3n) is 2.73. The molecule has 0 radical (unpaired) electrons. The van der Waals surface area contributed by atoms with Crippen molar-refractivity contribution in [2.45, 2.75) is 39.8 Å². The molecule has 2 heterocycles. The summed E-state index contributed by atoms with van der Waals surface area (Å²) in [6, 6.07) is 2.05. The van der Waals surface area contributed by atoms with Gasteiger partial charge in [-0.3, -0.25) is 9.78 Å². The zero-order chi connectivity index (χ0) is 13.1. The lowest BCUT2D eigenvalue weighted by Gasteiger charge is -1.99. The fourth-order valence-electron chi connectivity index (χ4n) is 1.75. The zero-order valence-corrected chi connectivity index (χ0v) is 11.3. The normalized spacial score (nSPS) is 11.4. The Morgan fingerprint density at radius 2 is 2.22 bits per heavy atom. The number of methoxy groups -OCH3 is 1. The third-order valence-corrected chi connectivity index (χ3v) is 2.73. The lowest BCUT2D eigenvalue weighted by Crippen LogP contribution is -2.01. The van der Waals surface area contributed by atoms with E-state index >= 15 is 0 Å². The highest BCUT2D eigenvalue weighted by Crippen LogP contribution is 2.21. The van der Waals surface area contributed by atoms with Crippen molar-refractivity contribution in [1.29, 1.82) is 0 Å². The molecule has 0 unspecified atom stereocenters. The summed E-state index contributed by atoms with van der Waals surface area (Å²) in [4.78, 5) is 4.40. The predicted molar refractivity (Wildman–Crippen MR) is 68.1 cm³/mol. The fraction of sp³-hybridized carbons (Fsp3) is 0.583. The van der Waals surface area contributed by atoms with Crippen LogP contribution < -0.4 is 0 Å². The van der Waals surface area contributed by atoms with E-state index in [0.29, 0.717) is 18.3 Å². The largest absolute Gasteiger partial charge is 0.377 e. The first-order chi connectivity index (χ1) is 8.65. The number of ether oxygens (including phenoxy) is 1. The van der Waals surface area contributed by atoms with E-state index in [9.17, 15) is 0 Å². The van der Waals surface area contributed by atoms with Crippen LogP contribution in [0.5, 0.6) is 0 Å². The quantitative estimate of drug-likeness (QED) is 0.879. The number of aromatic nitrogens is 5. The van der Waals surface area contributed by atoms with Crippen molar-refractivity contribution < 1.29 is 4.74 Å². The number of aromatic amines is 1. The standard InChI is InChI=1S/C12H19N5O/c1-5-17-10(6-9(16-17)8(2)3)12-13-11(7-18-4)14-15-12/h6,8H,5,7H2,1-4H3,(H,13,14,15). The molecule has 2 aromatic heterocycles. The summed E-state index contributed by atoms with van der Waals surface area (Å²) in [7, 11) is 1.63. The minimum atomic E-state index is 0.397. The lowest BCUT2D eigenvalue weighted by atomic mass is 10.1. The number of aryl methyl sites for hydroxylation is 1. The average Bonchev–Trinajstić information content (AvgIpc) is 2.94.